The van der Waals surface area contributed by atoms with Crippen molar-refractivity contribution in [3.05, 3.63) is 24.2 Å². The number of hydrogen-bond donors (Lipinski definition) is 0. The monoisotopic (exact) mass is 216 g/mol. The molecule has 0 saturated carbocycles. The first kappa shape index (κ1) is 8.85. The Hall–Kier alpha value is -0.240. The Morgan fingerprint density at radius 3 is 2.91 bits per heavy atom. The van der Waals surface area contributed by atoms with Crippen LogP contribution in [-0.4, -0.2) is 5.33 Å². The maximum absolute atomic E-state index is 4.99. The fourth-order valence-electron chi connectivity index (χ4n) is 1.05. The Morgan fingerprint density at radius 1 is 1.64 bits per heavy atom. The molecule has 0 bridgehead atoms. The summed E-state index contributed by atoms with van der Waals surface area (Å²) >= 11 is 3.49. The van der Waals surface area contributed by atoms with Crippen LogP contribution in [0, 0.1) is 5.92 Å². The summed E-state index contributed by atoms with van der Waals surface area (Å²) in [6.45, 7) is 2.21. The summed E-state index contributed by atoms with van der Waals surface area (Å²) in [5.41, 5.74) is 1.30. The highest BCUT2D eigenvalue weighted by Gasteiger charge is 2.05. The summed E-state index contributed by atoms with van der Waals surface area (Å²) in [6.07, 6.45) is 5.90. The Kier molecular flexibility index (Phi) is 3.70. The Morgan fingerprint density at radius 2 is 2.45 bits per heavy atom. The molecule has 1 unspecified atom stereocenters. The van der Waals surface area contributed by atoms with Gasteiger partial charge in [0, 0.05) is 5.33 Å². The van der Waals surface area contributed by atoms with E-state index in [1.165, 1.54) is 12.0 Å². The molecular formula is C9H13BrO. The average molecular weight is 217 g/mol. The molecule has 1 aromatic heterocycles. The summed E-state index contributed by atoms with van der Waals surface area (Å²) in [7, 11) is 0. The fraction of sp³-hybridized carbons (Fsp3) is 0.556. The van der Waals surface area contributed by atoms with E-state index in [0.717, 1.165) is 17.7 Å². The molecule has 0 aliphatic heterocycles. The lowest BCUT2D eigenvalue weighted by molar-refractivity contribution is 0.544. The van der Waals surface area contributed by atoms with Crippen molar-refractivity contribution in [3.8, 4) is 0 Å². The largest absolute Gasteiger partial charge is 0.472 e. The summed E-state index contributed by atoms with van der Waals surface area (Å²) in [4.78, 5) is 0. The van der Waals surface area contributed by atoms with E-state index in [9.17, 15) is 0 Å². The van der Waals surface area contributed by atoms with Crippen LogP contribution >= 0.6 is 15.9 Å². The van der Waals surface area contributed by atoms with Crippen molar-refractivity contribution in [3.63, 3.8) is 0 Å². The molecule has 1 atom stereocenters. The molecule has 0 fully saturated rings. The lowest BCUT2D eigenvalue weighted by Gasteiger charge is -2.08. The molecule has 1 aromatic rings. The minimum absolute atomic E-state index is 0.743. The maximum atomic E-state index is 4.99. The quantitative estimate of drug-likeness (QED) is 0.705. The van der Waals surface area contributed by atoms with Crippen molar-refractivity contribution < 1.29 is 4.42 Å². The van der Waals surface area contributed by atoms with E-state index in [0.29, 0.717) is 0 Å². The predicted octanol–water partition coefficient (Wildman–Crippen LogP) is 3.24. The van der Waals surface area contributed by atoms with Crippen LogP contribution in [0.15, 0.2) is 23.0 Å². The van der Waals surface area contributed by atoms with Gasteiger partial charge < -0.3 is 4.42 Å². The molecule has 0 saturated heterocycles. The molecule has 0 aliphatic carbocycles. The second-order valence-corrected chi connectivity index (χ2v) is 3.41. The van der Waals surface area contributed by atoms with Gasteiger partial charge in [0.1, 0.15) is 0 Å². The van der Waals surface area contributed by atoms with Gasteiger partial charge in [-0.15, -0.1) is 0 Å². The molecule has 0 aliphatic rings. The molecule has 0 spiro atoms. The first-order valence-corrected chi connectivity index (χ1v) is 5.06. The Labute approximate surface area is 75.9 Å². The topological polar surface area (TPSA) is 13.1 Å². The lowest BCUT2D eigenvalue weighted by atomic mass is 10.0. The first-order chi connectivity index (χ1) is 5.36. The van der Waals surface area contributed by atoms with E-state index < -0.39 is 0 Å². The van der Waals surface area contributed by atoms with Gasteiger partial charge in [0.2, 0.25) is 0 Å². The summed E-state index contributed by atoms with van der Waals surface area (Å²) in [5, 5.41) is 1.08. The van der Waals surface area contributed by atoms with E-state index in [-0.39, 0.29) is 0 Å². The molecule has 1 heterocycles. The van der Waals surface area contributed by atoms with Crippen molar-refractivity contribution in [1.82, 2.24) is 0 Å². The first-order valence-electron chi connectivity index (χ1n) is 3.93. The fourth-order valence-corrected chi connectivity index (χ4v) is 1.74. The molecular weight excluding hydrogens is 204 g/mol. The van der Waals surface area contributed by atoms with Gasteiger partial charge in [-0.2, -0.15) is 0 Å². The van der Waals surface area contributed by atoms with Crippen molar-refractivity contribution in [2.24, 2.45) is 5.92 Å². The zero-order valence-electron chi connectivity index (χ0n) is 6.72. The van der Waals surface area contributed by atoms with Gasteiger partial charge >= 0.3 is 0 Å². The molecule has 1 nitrogen and oxygen atoms in total. The van der Waals surface area contributed by atoms with Crippen LogP contribution < -0.4 is 0 Å². The molecule has 0 N–H and O–H groups in total. The third kappa shape index (κ3) is 2.70. The number of furan rings is 1. The summed E-state index contributed by atoms with van der Waals surface area (Å²) in [5.74, 6) is 0.743. The molecule has 0 amide bonds. The predicted molar refractivity (Wildman–Crippen MR) is 50.0 cm³/mol. The minimum Gasteiger partial charge on any atom is -0.472 e. The lowest BCUT2D eigenvalue weighted by Crippen LogP contribution is -2.03. The summed E-state index contributed by atoms with van der Waals surface area (Å²) < 4.78 is 4.99. The minimum atomic E-state index is 0.743. The standard InChI is InChI=1S/C9H13BrO/c1-2-8(6-10)5-9-3-4-11-7-9/h3-4,7-8H,2,5-6H2,1H3. The van der Waals surface area contributed by atoms with Gasteiger partial charge in [-0.1, -0.05) is 29.3 Å². The number of alkyl halides is 1. The van der Waals surface area contributed by atoms with E-state index in [2.05, 4.69) is 22.9 Å². The smallest absolute Gasteiger partial charge is 0.0934 e. The highest BCUT2D eigenvalue weighted by atomic mass is 79.9. The van der Waals surface area contributed by atoms with E-state index in [1.54, 1.807) is 6.26 Å². The van der Waals surface area contributed by atoms with Crippen LogP contribution in [0.25, 0.3) is 0 Å². The zero-order chi connectivity index (χ0) is 8.10. The van der Waals surface area contributed by atoms with Gasteiger partial charge in [-0.3, -0.25) is 0 Å². The van der Waals surface area contributed by atoms with Crippen LogP contribution in [0.5, 0.6) is 0 Å². The van der Waals surface area contributed by atoms with Crippen LogP contribution in [-0.2, 0) is 6.42 Å². The molecule has 62 valence electrons. The Bertz CT molecular complexity index is 177. The molecule has 0 aromatic carbocycles. The molecule has 1 rings (SSSR count). The van der Waals surface area contributed by atoms with Crippen LogP contribution in [0.1, 0.15) is 18.9 Å². The van der Waals surface area contributed by atoms with Crippen molar-refractivity contribution >= 4 is 15.9 Å². The van der Waals surface area contributed by atoms with Gasteiger partial charge in [-0.25, -0.2) is 0 Å². The molecule has 2 heteroatoms. The second kappa shape index (κ2) is 4.60. The normalized spacial score (nSPS) is 13.3. The Balaban J connectivity index is 2.41. The van der Waals surface area contributed by atoms with Crippen molar-refractivity contribution in [1.29, 1.82) is 0 Å². The molecule has 0 radical (unpaired) electrons. The van der Waals surface area contributed by atoms with Crippen LogP contribution in [0.2, 0.25) is 0 Å². The SMILES string of the molecule is CCC(CBr)Cc1ccoc1. The number of rotatable bonds is 4. The van der Waals surface area contributed by atoms with E-state index in [4.69, 9.17) is 4.42 Å². The highest BCUT2D eigenvalue weighted by Crippen LogP contribution is 2.14. The van der Waals surface area contributed by atoms with E-state index in [1.807, 2.05) is 12.3 Å². The van der Waals surface area contributed by atoms with Crippen molar-refractivity contribution in [2.45, 2.75) is 19.8 Å². The van der Waals surface area contributed by atoms with Crippen LogP contribution in [0.4, 0.5) is 0 Å². The zero-order valence-corrected chi connectivity index (χ0v) is 8.30. The van der Waals surface area contributed by atoms with Crippen molar-refractivity contribution in [2.75, 3.05) is 5.33 Å². The summed E-state index contributed by atoms with van der Waals surface area (Å²) in [6, 6.07) is 2.03. The average Bonchev–Trinajstić information content (AvgIpc) is 2.52. The number of halogens is 1. The third-order valence-corrected chi connectivity index (χ3v) is 2.82. The van der Waals surface area contributed by atoms with E-state index >= 15 is 0 Å². The third-order valence-electron chi connectivity index (χ3n) is 1.90. The second-order valence-electron chi connectivity index (χ2n) is 2.76. The molecule has 11 heavy (non-hydrogen) atoms. The van der Waals surface area contributed by atoms with Gasteiger partial charge in [0.05, 0.1) is 12.5 Å². The highest BCUT2D eigenvalue weighted by molar-refractivity contribution is 9.09. The van der Waals surface area contributed by atoms with Gasteiger partial charge in [0.15, 0.2) is 0 Å². The van der Waals surface area contributed by atoms with Gasteiger partial charge in [-0.05, 0) is 24.0 Å². The number of hydrogen-bond acceptors (Lipinski definition) is 1. The van der Waals surface area contributed by atoms with Crippen LogP contribution in [0.3, 0.4) is 0 Å². The maximum Gasteiger partial charge on any atom is 0.0934 e. The van der Waals surface area contributed by atoms with Gasteiger partial charge in [0.25, 0.3) is 0 Å².